The minimum atomic E-state index is 0.210. The van der Waals surface area contributed by atoms with Crippen molar-refractivity contribution in [2.75, 3.05) is 11.1 Å². The molecule has 0 aromatic carbocycles. The van der Waals surface area contributed by atoms with Crippen LogP contribution in [0.5, 0.6) is 0 Å². The molecule has 29 heavy (non-hydrogen) atoms. The first-order valence-corrected chi connectivity index (χ1v) is 9.15. The molecule has 9 nitrogen and oxygen atoms in total. The third kappa shape index (κ3) is 3.33. The van der Waals surface area contributed by atoms with E-state index in [0.29, 0.717) is 18.9 Å². The van der Waals surface area contributed by atoms with Crippen molar-refractivity contribution in [2.24, 2.45) is 0 Å². The van der Waals surface area contributed by atoms with Gasteiger partial charge in [-0.1, -0.05) is 5.16 Å². The highest BCUT2D eigenvalue weighted by Crippen LogP contribution is 2.24. The number of nitrogen functional groups attached to an aromatic ring is 1. The molecular weight excluding hydrogens is 368 g/mol. The van der Waals surface area contributed by atoms with Crippen LogP contribution in [0.4, 0.5) is 11.8 Å². The second-order valence-electron chi connectivity index (χ2n) is 6.74. The number of pyridine rings is 2. The van der Waals surface area contributed by atoms with Crippen molar-refractivity contribution in [1.29, 1.82) is 0 Å². The number of aromatic nitrogens is 6. The Bertz CT molecular complexity index is 1320. The van der Waals surface area contributed by atoms with Crippen LogP contribution >= 0.6 is 0 Å². The molecule has 0 aliphatic rings. The highest BCUT2D eigenvalue weighted by molar-refractivity contribution is 5.87. The van der Waals surface area contributed by atoms with Gasteiger partial charge in [0.15, 0.2) is 11.5 Å². The molecule has 0 fully saturated rings. The molecule has 0 aliphatic heterocycles. The van der Waals surface area contributed by atoms with E-state index in [1.165, 1.54) is 0 Å². The molecule has 0 aliphatic carbocycles. The SMILES string of the molecule is Cc1cc(CNc2nc(N)nc3ccn(Cc4ccc5cccnc5n4)c23)no1. The minimum Gasteiger partial charge on any atom is -0.368 e. The summed E-state index contributed by atoms with van der Waals surface area (Å²) >= 11 is 0. The number of anilines is 2. The normalized spacial score (nSPS) is 11.3. The number of fused-ring (bicyclic) bond motifs is 2. The van der Waals surface area contributed by atoms with Crippen molar-refractivity contribution < 1.29 is 4.52 Å². The highest BCUT2D eigenvalue weighted by Gasteiger charge is 2.13. The van der Waals surface area contributed by atoms with Crippen LogP contribution in [0, 0.1) is 6.92 Å². The molecule has 5 aromatic heterocycles. The zero-order valence-corrected chi connectivity index (χ0v) is 15.7. The molecule has 0 atom stereocenters. The summed E-state index contributed by atoms with van der Waals surface area (Å²) in [4.78, 5) is 17.7. The number of hydrogen-bond acceptors (Lipinski definition) is 8. The van der Waals surface area contributed by atoms with Crippen LogP contribution in [0.2, 0.25) is 0 Å². The van der Waals surface area contributed by atoms with Crippen molar-refractivity contribution >= 4 is 33.8 Å². The van der Waals surface area contributed by atoms with Crippen molar-refractivity contribution in [1.82, 2.24) is 29.7 Å². The van der Waals surface area contributed by atoms with Crippen molar-refractivity contribution in [3.8, 4) is 0 Å². The minimum absolute atomic E-state index is 0.210. The Labute approximate surface area is 165 Å². The van der Waals surface area contributed by atoms with E-state index in [1.54, 1.807) is 6.20 Å². The van der Waals surface area contributed by atoms with Crippen molar-refractivity contribution in [2.45, 2.75) is 20.0 Å². The topological polar surface area (TPSA) is 121 Å². The third-order valence-electron chi connectivity index (χ3n) is 4.60. The van der Waals surface area contributed by atoms with Gasteiger partial charge in [-0.2, -0.15) is 4.98 Å². The first-order valence-electron chi connectivity index (χ1n) is 9.15. The van der Waals surface area contributed by atoms with E-state index in [2.05, 4.69) is 30.4 Å². The lowest BCUT2D eigenvalue weighted by molar-refractivity contribution is 0.391. The molecule has 144 valence electrons. The molecule has 0 radical (unpaired) electrons. The molecule has 9 heteroatoms. The first kappa shape index (κ1) is 17.1. The Balaban J connectivity index is 1.49. The molecule has 0 unspecified atom stereocenters. The van der Waals surface area contributed by atoms with Crippen LogP contribution in [0.3, 0.4) is 0 Å². The van der Waals surface area contributed by atoms with E-state index in [1.807, 2.05) is 54.1 Å². The average Bonchev–Trinajstić information content (AvgIpc) is 3.32. The van der Waals surface area contributed by atoms with E-state index in [9.17, 15) is 0 Å². The van der Waals surface area contributed by atoms with Gasteiger partial charge >= 0.3 is 0 Å². The van der Waals surface area contributed by atoms with Crippen molar-refractivity contribution in [3.05, 3.63) is 65.9 Å². The van der Waals surface area contributed by atoms with Gasteiger partial charge in [0.2, 0.25) is 5.95 Å². The Morgan fingerprint density at radius 3 is 2.90 bits per heavy atom. The third-order valence-corrected chi connectivity index (χ3v) is 4.60. The number of nitrogens with one attached hydrogen (secondary N) is 1. The average molecular weight is 386 g/mol. The van der Waals surface area contributed by atoms with E-state index >= 15 is 0 Å². The van der Waals surface area contributed by atoms with E-state index in [-0.39, 0.29) is 5.95 Å². The van der Waals surface area contributed by atoms with Gasteiger partial charge in [-0.05, 0) is 37.3 Å². The summed E-state index contributed by atoms with van der Waals surface area (Å²) in [7, 11) is 0. The molecule has 0 spiro atoms. The van der Waals surface area contributed by atoms with Crippen LogP contribution in [0.15, 0.2) is 53.3 Å². The molecule has 0 bridgehead atoms. The fourth-order valence-corrected chi connectivity index (χ4v) is 3.31. The van der Waals surface area contributed by atoms with Gasteiger partial charge in [0.1, 0.15) is 17.0 Å². The maximum absolute atomic E-state index is 5.90. The number of nitrogens with two attached hydrogens (primary N) is 1. The molecule has 0 saturated heterocycles. The molecule has 0 saturated carbocycles. The molecular formula is C20H18N8O. The maximum atomic E-state index is 5.90. The molecule has 5 aromatic rings. The van der Waals surface area contributed by atoms with Gasteiger partial charge in [-0.15, -0.1) is 0 Å². The smallest absolute Gasteiger partial charge is 0.222 e. The van der Waals surface area contributed by atoms with Crippen LogP contribution < -0.4 is 11.1 Å². The number of nitrogens with zero attached hydrogens (tertiary/aromatic N) is 6. The Kier molecular flexibility index (Phi) is 4.05. The lowest BCUT2D eigenvalue weighted by atomic mass is 10.2. The van der Waals surface area contributed by atoms with Gasteiger partial charge in [-0.3, -0.25) is 0 Å². The van der Waals surface area contributed by atoms with Crippen LogP contribution in [0.25, 0.3) is 22.1 Å². The van der Waals surface area contributed by atoms with E-state index in [0.717, 1.165) is 39.2 Å². The second kappa shape index (κ2) is 6.86. The summed E-state index contributed by atoms with van der Waals surface area (Å²) in [5, 5.41) is 8.31. The predicted molar refractivity (Wildman–Crippen MR) is 109 cm³/mol. The van der Waals surface area contributed by atoms with Crippen LogP contribution in [-0.2, 0) is 13.1 Å². The summed E-state index contributed by atoms with van der Waals surface area (Å²) in [6.07, 6.45) is 3.70. The van der Waals surface area contributed by atoms with Gasteiger partial charge in [0, 0.05) is 23.8 Å². The lowest BCUT2D eigenvalue weighted by Crippen LogP contribution is -2.08. The first-order chi connectivity index (χ1) is 14.2. The Hall–Kier alpha value is -4.01. The zero-order valence-electron chi connectivity index (χ0n) is 15.7. The monoisotopic (exact) mass is 386 g/mol. The molecule has 3 N–H and O–H groups in total. The molecule has 5 rings (SSSR count). The summed E-state index contributed by atoms with van der Waals surface area (Å²) in [5.41, 5.74) is 9.91. The number of aryl methyl sites for hydroxylation is 1. The summed E-state index contributed by atoms with van der Waals surface area (Å²) in [6.45, 7) is 2.88. The quantitative estimate of drug-likeness (QED) is 0.473. The predicted octanol–water partition coefficient (Wildman–Crippen LogP) is 2.91. The Morgan fingerprint density at radius 2 is 2.03 bits per heavy atom. The van der Waals surface area contributed by atoms with Crippen LogP contribution in [-0.4, -0.2) is 29.7 Å². The molecule has 5 heterocycles. The fraction of sp³-hybridized carbons (Fsp3) is 0.150. The van der Waals surface area contributed by atoms with E-state index < -0.39 is 0 Å². The lowest BCUT2D eigenvalue weighted by Gasteiger charge is -2.11. The number of rotatable bonds is 5. The summed E-state index contributed by atoms with van der Waals surface area (Å²) in [6, 6.07) is 11.7. The largest absolute Gasteiger partial charge is 0.368 e. The highest BCUT2D eigenvalue weighted by atomic mass is 16.5. The second-order valence-corrected chi connectivity index (χ2v) is 6.74. The maximum Gasteiger partial charge on any atom is 0.222 e. The molecule has 0 amide bonds. The summed E-state index contributed by atoms with van der Waals surface area (Å²) < 4.78 is 7.16. The van der Waals surface area contributed by atoms with Gasteiger partial charge in [0.25, 0.3) is 0 Å². The van der Waals surface area contributed by atoms with E-state index in [4.69, 9.17) is 10.3 Å². The van der Waals surface area contributed by atoms with Crippen molar-refractivity contribution in [3.63, 3.8) is 0 Å². The zero-order chi connectivity index (χ0) is 19.8. The standard InChI is InChI=1S/C20H18N8O/c1-12-9-15(27-29-12)10-23-19-17-16(25-20(21)26-19)6-8-28(17)11-14-5-4-13-3-2-7-22-18(13)24-14/h2-9H,10-11H2,1H3,(H3,21,23,25,26). The Morgan fingerprint density at radius 1 is 1.10 bits per heavy atom. The fourth-order valence-electron chi connectivity index (χ4n) is 3.31. The van der Waals surface area contributed by atoms with Gasteiger partial charge in [0.05, 0.1) is 24.3 Å². The number of hydrogen-bond donors (Lipinski definition) is 2. The van der Waals surface area contributed by atoms with Gasteiger partial charge < -0.3 is 20.1 Å². The van der Waals surface area contributed by atoms with Crippen LogP contribution in [0.1, 0.15) is 17.1 Å². The summed E-state index contributed by atoms with van der Waals surface area (Å²) in [5.74, 6) is 1.60. The van der Waals surface area contributed by atoms with Gasteiger partial charge in [-0.25, -0.2) is 15.0 Å².